The molecular weight excluding hydrogens is 288 g/mol. The highest BCUT2D eigenvalue weighted by molar-refractivity contribution is 5.81. The fourth-order valence-electron chi connectivity index (χ4n) is 3.93. The summed E-state index contributed by atoms with van der Waals surface area (Å²) in [6, 6.07) is 8.54. The van der Waals surface area contributed by atoms with E-state index >= 15 is 0 Å². The van der Waals surface area contributed by atoms with Gasteiger partial charge in [0.05, 0.1) is 6.04 Å². The lowest BCUT2D eigenvalue weighted by atomic mass is 9.72. The van der Waals surface area contributed by atoms with Crippen molar-refractivity contribution in [2.75, 3.05) is 26.3 Å². The van der Waals surface area contributed by atoms with Gasteiger partial charge in [0.1, 0.15) is 0 Å². The topological polar surface area (TPSA) is 50.4 Å². The Morgan fingerprint density at radius 3 is 2.78 bits per heavy atom. The Hall–Kier alpha value is -1.39. The normalized spacial score (nSPS) is 24.1. The van der Waals surface area contributed by atoms with Crippen LogP contribution in [0.25, 0.3) is 0 Å². The largest absolute Gasteiger partial charge is 0.381 e. The summed E-state index contributed by atoms with van der Waals surface area (Å²) in [5, 5.41) is 6.57. The summed E-state index contributed by atoms with van der Waals surface area (Å²) >= 11 is 0. The van der Waals surface area contributed by atoms with E-state index in [-0.39, 0.29) is 17.4 Å². The second kappa shape index (κ2) is 7.45. The molecule has 2 heterocycles. The molecule has 0 spiro atoms. The van der Waals surface area contributed by atoms with Gasteiger partial charge in [-0.15, -0.1) is 0 Å². The van der Waals surface area contributed by atoms with E-state index in [9.17, 15) is 4.79 Å². The quantitative estimate of drug-likeness (QED) is 0.896. The predicted molar refractivity (Wildman–Crippen MR) is 91.6 cm³/mol. The maximum Gasteiger partial charge on any atom is 0.237 e. The first-order valence-electron chi connectivity index (χ1n) is 8.86. The zero-order valence-electron chi connectivity index (χ0n) is 14.1. The van der Waals surface area contributed by atoms with Crippen LogP contribution in [0.3, 0.4) is 0 Å². The summed E-state index contributed by atoms with van der Waals surface area (Å²) in [6.45, 7) is 5.36. The van der Waals surface area contributed by atoms with Crippen LogP contribution >= 0.6 is 0 Å². The summed E-state index contributed by atoms with van der Waals surface area (Å²) in [5.74, 6) is 0.157. The Bertz CT molecular complexity index is 532. The van der Waals surface area contributed by atoms with E-state index in [1.54, 1.807) is 0 Å². The number of ether oxygens (including phenoxy) is 1. The molecule has 2 aliphatic heterocycles. The van der Waals surface area contributed by atoms with Gasteiger partial charge in [-0.25, -0.2) is 0 Å². The van der Waals surface area contributed by atoms with Crippen LogP contribution in [0.4, 0.5) is 0 Å². The van der Waals surface area contributed by atoms with Crippen molar-refractivity contribution in [2.45, 2.75) is 50.5 Å². The first kappa shape index (κ1) is 16.5. The van der Waals surface area contributed by atoms with Gasteiger partial charge in [0.25, 0.3) is 0 Å². The Morgan fingerprint density at radius 1 is 1.30 bits per heavy atom. The number of carbonyl (C=O) groups excluding carboxylic acids is 1. The molecule has 4 heteroatoms. The standard InChI is InChI=1S/C19H28N2O2/c1-15-6-2-3-7-16(15)19(9-12-23-13-10-19)14-21-18(22)17-8-4-5-11-20-17/h2-3,6-7,17,20H,4-5,8-14H2,1H3,(H,21,22). The van der Waals surface area contributed by atoms with E-state index in [2.05, 4.69) is 41.8 Å². The van der Waals surface area contributed by atoms with Crippen LogP contribution in [0, 0.1) is 6.92 Å². The molecule has 0 aliphatic carbocycles. The summed E-state index contributed by atoms with van der Waals surface area (Å²) in [6.07, 6.45) is 5.20. The molecule has 2 N–H and O–H groups in total. The lowest BCUT2D eigenvalue weighted by Gasteiger charge is -2.39. The number of hydrogen-bond donors (Lipinski definition) is 2. The monoisotopic (exact) mass is 316 g/mol. The number of rotatable bonds is 4. The molecule has 2 aliphatic rings. The molecule has 0 saturated carbocycles. The number of carbonyl (C=O) groups is 1. The van der Waals surface area contributed by atoms with E-state index in [0.29, 0.717) is 6.54 Å². The smallest absolute Gasteiger partial charge is 0.237 e. The highest BCUT2D eigenvalue weighted by Gasteiger charge is 2.36. The molecule has 1 unspecified atom stereocenters. The highest BCUT2D eigenvalue weighted by atomic mass is 16.5. The minimum absolute atomic E-state index is 0.00786. The van der Waals surface area contributed by atoms with Gasteiger partial charge in [0.2, 0.25) is 5.91 Å². The van der Waals surface area contributed by atoms with E-state index < -0.39 is 0 Å². The SMILES string of the molecule is Cc1ccccc1C1(CNC(=O)C2CCCCN2)CCOCC1. The summed E-state index contributed by atoms with van der Waals surface area (Å²) in [7, 11) is 0. The maximum absolute atomic E-state index is 12.5. The van der Waals surface area contributed by atoms with Crippen molar-refractivity contribution >= 4 is 5.91 Å². The van der Waals surface area contributed by atoms with Crippen molar-refractivity contribution in [1.29, 1.82) is 0 Å². The fourth-order valence-corrected chi connectivity index (χ4v) is 3.93. The van der Waals surface area contributed by atoms with Crippen LogP contribution in [-0.2, 0) is 14.9 Å². The second-order valence-electron chi connectivity index (χ2n) is 6.93. The molecule has 126 valence electrons. The van der Waals surface area contributed by atoms with Gasteiger partial charge < -0.3 is 15.4 Å². The number of hydrogen-bond acceptors (Lipinski definition) is 3. The molecule has 1 aromatic carbocycles. The average Bonchev–Trinajstić information content (AvgIpc) is 2.61. The molecule has 2 fully saturated rings. The number of aryl methyl sites for hydroxylation is 1. The fraction of sp³-hybridized carbons (Fsp3) is 0.632. The van der Waals surface area contributed by atoms with Crippen LogP contribution in [0.15, 0.2) is 24.3 Å². The minimum Gasteiger partial charge on any atom is -0.381 e. The highest BCUT2D eigenvalue weighted by Crippen LogP contribution is 2.36. The predicted octanol–water partition coefficient (Wildman–Crippen LogP) is 2.30. The maximum atomic E-state index is 12.5. The van der Waals surface area contributed by atoms with Crippen molar-refractivity contribution < 1.29 is 9.53 Å². The summed E-state index contributed by atoms with van der Waals surface area (Å²) < 4.78 is 5.58. The van der Waals surface area contributed by atoms with Gasteiger partial charge in [-0.2, -0.15) is 0 Å². The van der Waals surface area contributed by atoms with Crippen molar-refractivity contribution in [3.8, 4) is 0 Å². The van der Waals surface area contributed by atoms with Gasteiger partial charge in [-0.3, -0.25) is 4.79 Å². The molecule has 0 radical (unpaired) electrons. The molecule has 0 aromatic heterocycles. The van der Waals surface area contributed by atoms with Gasteiger partial charge in [0.15, 0.2) is 0 Å². The third-order valence-corrected chi connectivity index (χ3v) is 5.39. The van der Waals surface area contributed by atoms with Crippen molar-refractivity contribution in [3.05, 3.63) is 35.4 Å². The van der Waals surface area contributed by atoms with E-state index in [1.165, 1.54) is 17.5 Å². The first-order chi connectivity index (χ1) is 11.2. The molecule has 23 heavy (non-hydrogen) atoms. The van der Waals surface area contributed by atoms with E-state index in [4.69, 9.17) is 4.74 Å². The minimum atomic E-state index is -0.0162. The van der Waals surface area contributed by atoms with Crippen LogP contribution in [0.5, 0.6) is 0 Å². The third kappa shape index (κ3) is 3.75. The molecular formula is C19H28N2O2. The number of amides is 1. The lowest BCUT2D eigenvalue weighted by molar-refractivity contribution is -0.124. The molecule has 0 bridgehead atoms. The third-order valence-electron chi connectivity index (χ3n) is 5.39. The molecule has 3 rings (SSSR count). The van der Waals surface area contributed by atoms with Crippen LogP contribution < -0.4 is 10.6 Å². The number of nitrogens with one attached hydrogen (secondary N) is 2. The van der Waals surface area contributed by atoms with Gasteiger partial charge >= 0.3 is 0 Å². The molecule has 1 amide bonds. The molecule has 2 saturated heterocycles. The van der Waals surface area contributed by atoms with E-state index in [1.807, 2.05) is 0 Å². The van der Waals surface area contributed by atoms with Gasteiger partial charge in [-0.1, -0.05) is 30.7 Å². The van der Waals surface area contributed by atoms with Gasteiger partial charge in [0, 0.05) is 25.2 Å². The molecule has 1 atom stereocenters. The van der Waals surface area contributed by atoms with Gasteiger partial charge in [-0.05, 0) is 50.3 Å². The van der Waals surface area contributed by atoms with Crippen molar-refractivity contribution in [3.63, 3.8) is 0 Å². The van der Waals surface area contributed by atoms with Crippen LogP contribution in [0.1, 0.15) is 43.2 Å². The number of piperidine rings is 1. The lowest BCUT2D eigenvalue weighted by Crippen LogP contribution is -2.51. The Morgan fingerprint density at radius 2 is 2.09 bits per heavy atom. The molecule has 4 nitrogen and oxygen atoms in total. The summed E-state index contributed by atoms with van der Waals surface area (Å²) in [5.41, 5.74) is 2.67. The second-order valence-corrected chi connectivity index (χ2v) is 6.93. The first-order valence-corrected chi connectivity index (χ1v) is 8.86. The Kier molecular flexibility index (Phi) is 5.34. The molecule has 1 aromatic rings. The average molecular weight is 316 g/mol. The summed E-state index contributed by atoms with van der Waals surface area (Å²) in [4.78, 5) is 12.5. The van der Waals surface area contributed by atoms with Crippen molar-refractivity contribution in [2.24, 2.45) is 0 Å². The zero-order chi connectivity index (χ0) is 16.1. The zero-order valence-corrected chi connectivity index (χ0v) is 14.1. The van der Waals surface area contributed by atoms with Crippen molar-refractivity contribution in [1.82, 2.24) is 10.6 Å². The van der Waals surface area contributed by atoms with Crippen LogP contribution in [-0.4, -0.2) is 38.3 Å². The van der Waals surface area contributed by atoms with Crippen LogP contribution in [0.2, 0.25) is 0 Å². The van der Waals surface area contributed by atoms with E-state index in [0.717, 1.165) is 45.4 Å². The number of benzene rings is 1. The Balaban J connectivity index is 1.72. The Labute approximate surface area is 139 Å².